The maximum absolute atomic E-state index is 12.1. The Kier molecular flexibility index (Phi) is 5.42. The topological polar surface area (TPSA) is 125 Å². The number of rotatable bonds is 5. The van der Waals surface area contributed by atoms with Crippen molar-refractivity contribution < 1.29 is 19.1 Å². The standard InChI is InChI=1S/C15H14ClN3O4S/c1-7(13(21)19-14-10(12(18)20)4-5-24-14)23-15(22)9-3-2-8(17)6-11(9)16/h2-7H,17H2,1H3,(H2,18,20)(H,19,21)/t7-/m1/s1. The summed E-state index contributed by atoms with van der Waals surface area (Å²) < 4.78 is 5.08. The number of amides is 2. The smallest absolute Gasteiger partial charge is 0.340 e. The Balaban J connectivity index is 2.04. The minimum Gasteiger partial charge on any atom is -0.449 e. The van der Waals surface area contributed by atoms with Crippen molar-refractivity contribution in [3.63, 3.8) is 0 Å². The Labute approximate surface area is 146 Å². The second kappa shape index (κ2) is 7.33. The number of carbonyl (C=O) groups is 3. The SMILES string of the molecule is C[C@@H](OC(=O)c1ccc(N)cc1Cl)C(=O)Nc1sccc1C(N)=O. The highest BCUT2D eigenvalue weighted by atomic mass is 35.5. The zero-order chi connectivity index (χ0) is 17.9. The van der Waals surface area contributed by atoms with E-state index in [1.165, 1.54) is 31.2 Å². The van der Waals surface area contributed by atoms with E-state index in [0.29, 0.717) is 10.7 Å². The Morgan fingerprint density at radius 3 is 2.58 bits per heavy atom. The van der Waals surface area contributed by atoms with Gasteiger partial charge in [0.25, 0.3) is 11.8 Å². The molecule has 1 aromatic carbocycles. The van der Waals surface area contributed by atoms with Crippen molar-refractivity contribution in [2.45, 2.75) is 13.0 Å². The lowest BCUT2D eigenvalue weighted by molar-refractivity contribution is -0.123. The van der Waals surface area contributed by atoms with Gasteiger partial charge in [-0.3, -0.25) is 9.59 Å². The van der Waals surface area contributed by atoms with Crippen LogP contribution in [0.2, 0.25) is 5.02 Å². The fourth-order valence-corrected chi connectivity index (χ4v) is 2.85. The molecule has 0 saturated heterocycles. The zero-order valence-electron chi connectivity index (χ0n) is 12.5. The Morgan fingerprint density at radius 1 is 1.25 bits per heavy atom. The Bertz CT molecular complexity index is 806. The molecule has 2 rings (SSSR count). The van der Waals surface area contributed by atoms with Crippen LogP contribution in [-0.2, 0) is 9.53 Å². The molecule has 5 N–H and O–H groups in total. The van der Waals surface area contributed by atoms with Crippen LogP contribution in [0.25, 0.3) is 0 Å². The molecule has 0 radical (unpaired) electrons. The van der Waals surface area contributed by atoms with Gasteiger partial charge in [-0.05, 0) is 36.6 Å². The molecule has 9 heteroatoms. The van der Waals surface area contributed by atoms with Crippen LogP contribution in [0.3, 0.4) is 0 Å². The number of hydrogen-bond donors (Lipinski definition) is 3. The number of esters is 1. The molecule has 0 bridgehead atoms. The van der Waals surface area contributed by atoms with E-state index in [2.05, 4.69) is 5.32 Å². The largest absolute Gasteiger partial charge is 0.449 e. The monoisotopic (exact) mass is 367 g/mol. The van der Waals surface area contributed by atoms with Crippen LogP contribution in [0.1, 0.15) is 27.6 Å². The second-order valence-corrected chi connectivity index (χ2v) is 6.13. The molecule has 0 fully saturated rings. The van der Waals surface area contributed by atoms with Crippen LogP contribution in [-0.4, -0.2) is 23.9 Å². The first-order chi connectivity index (χ1) is 11.3. The van der Waals surface area contributed by atoms with Gasteiger partial charge in [-0.25, -0.2) is 4.79 Å². The van der Waals surface area contributed by atoms with E-state index in [0.717, 1.165) is 11.3 Å². The summed E-state index contributed by atoms with van der Waals surface area (Å²) in [6, 6.07) is 5.81. The van der Waals surface area contributed by atoms with Gasteiger partial charge in [-0.1, -0.05) is 11.6 Å². The number of thiophene rings is 1. The summed E-state index contributed by atoms with van der Waals surface area (Å²) in [7, 11) is 0. The molecule has 0 aliphatic heterocycles. The van der Waals surface area contributed by atoms with E-state index >= 15 is 0 Å². The van der Waals surface area contributed by atoms with Gasteiger partial charge in [0.2, 0.25) is 0 Å². The maximum Gasteiger partial charge on any atom is 0.340 e. The molecular weight excluding hydrogens is 354 g/mol. The Morgan fingerprint density at radius 2 is 1.96 bits per heavy atom. The van der Waals surface area contributed by atoms with Crippen LogP contribution in [0.15, 0.2) is 29.6 Å². The third-order valence-corrected chi connectivity index (χ3v) is 4.18. The average Bonchev–Trinajstić information content (AvgIpc) is 2.95. The third-order valence-electron chi connectivity index (χ3n) is 3.03. The number of benzene rings is 1. The van der Waals surface area contributed by atoms with Gasteiger partial charge in [0, 0.05) is 5.69 Å². The van der Waals surface area contributed by atoms with Crippen molar-refractivity contribution in [2.24, 2.45) is 5.73 Å². The van der Waals surface area contributed by atoms with E-state index in [4.69, 9.17) is 27.8 Å². The summed E-state index contributed by atoms with van der Waals surface area (Å²) in [5.74, 6) is -2.02. The molecule has 2 amide bonds. The molecule has 7 nitrogen and oxygen atoms in total. The summed E-state index contributed by atoms with van der Waals surface area (Å²) in [5.41, 5.74) is 11.4. The first-order valence-corrected chi connectivity index (χ1v) is 7.99. The van der Waals surface area contributed by atoms with Crippen molar-refractivity contribution in [1.82, 2.24) is 0 Å². The van der Waals surface area contributed by atoms with Crippen LogP contribution in [0.4, 0.5) is 10.7 Å². The molecule has 0 unspecified atom stereocenters. The first kappa shape index (κ1) is 17.8. The lowest BCUT2D eigenvalue weighted by Crippen LogP contribution is -2.30. The molecule has 0 spiro atoms. The minimum atomic E-state index is -1.10. The van der Waals surface area contributed by atoms with Gasteiger partial charge in [0.05, 0.1) is 16.1 Å². The summed E-state index contributed by atoms with van der Waals surface area (Å²) in [4.78, 5) is 35.4. The number of carbonyl (C=O) groups excluding carboxylic acids is 3. The first-order valence-electron chi connectivity index (χ1n) is 6.73. The van der Waals surface area contributed by atoms with Crippen molar-refractivity contribution in [1.29, 1.82) is 0 Å². The quantitative estimate of drug-likeness (QED) is 0.552. The lowest BCUT2D eigenvalue weighted by Gasteiger charge is -2.14. The number of hydrogen-bond acceptors (Lipinski definition) is 6. The summed E-state index contributed by atoms with van der Waals surface area (Å²) in [5, 5.41) is 4.53. The molecule has 1 aromatic heterocycles. The fourth-order valence-electron chi connectivity index (χ4n) is 1.79. The van der Waals surface area contributed by atoms with Gasteiger partial charge >= 0.3 is 5.97 Å². The predicted octanol–water partition coefficient (Wildman–Crippen LogP) is 2.27. The van der Waals surface area contributed by atoms with Crippen LogP contribution in [0, 0.1) is 0 Å². The van der Waals surface area contributed by atoms with Gasteiger partial charge in [0.1, 0.15) is 5.00 Å². The number of primary amides is 1. The van der Waals surface area contributed by atoms with Crippen molar-refractivity contribution >= 4 is 51.4 Å². The van der Waals surface area contributed by atoms with E-state index in [-0.39, 0.29) is 16.1 Å². The number of halogens is 1. The van der Waals surface area contributed by atoms with Crippen LogP contribution in [0.5, 0.6) is 0 Å². The van der Waals surface area contributed by atoms with E-state index in [1.807, 2.05) is 0 Å². The highest BCUT2D eigenvalue weighted by molar-refractivity contribution is 7.14. The van der Waals surface area contributed by atoms with Gasteiger partial charge < -0.3 is 21.5 Å². The average molecular weight is 368 g/mol. The number of anilines is 2. The lowest BCUT2D eigenvalue weighted by atomic mass is 10.2. The Hall–Kier alpha value is -2.58. The minimum absolute atomic E-state index is 0.0967. The second-order valence-electron chi connectivity index (χ2n) is 4.80. The highest BCUT2D eigenvalue weighted by Gasteiger charge is 2.22. The zero-order valence-corrected chi connectivity index (χ0v) is 14.1. The molecule has 1 heterocycles. The fraction of sp³-hybridized carbons (Fsp3) is 0.133. The number of nitrogens with two attached hydrogens (primary N) is 2. The highest BCUT2D eigenvalue weighted by Crippen LogP contribution is 2.24. The normalized spacial score (nSPS) is 11.6. The molecule has 0 saturated carbocycles. The molecule has 0 aliphatic carbocycles. The third kappa shape index (κ3) is 4.03. The van der Waals surface area contributed by atoms with Gasteiger partial charge in [-0.15, -0.1) is 11.3 Å². The molecule has 1 atom stereocenters. The molecule has 0 aliphatic rings. The van der Waals surface area contributed by atoms with Crippen molar-refractivity contribution in [2.75, 3.05) is 11.1 Å². The summed E-state index contributed by atoms with van der Waals surface area (Å²) in [6.45, 7) is 1.40. The van der Waals surface area contributed by atoms with Crippen molar-refractivity contribution in [3.8, 4) is 0 Å². The van der Waals surface area contributed by atoms with E-state index < -0.39 is 23.9 Å². The maximum atomic E-state index is 12.1. The predicted molar refractivity (Wildman–Crippen MR) is 92.2 cm³/mol. The summed E-state index contributed by atoms with van der Waals surface area (Å²) in [6.07, 6.45) is -1.10. The van der Waals surface area contributed by atoms with E-state index in [1.54, 1.807) is 5.38 Å². The van der Waals surface area contributed by atoms with Gasteiger partial charge in [-0.2, -0.15) is 0 Å². The molecular formula is C15H14ClN3O4S. The molecule has 126 valence electrons. The number of ether oxygens (including phenoxy) is 1. The molecule has 24 heavy (non-hydrogen) atoms. The summed E-state index contributed by atoms with van der Waals surface area (Å²) >= 11 is 7.06. The van der Waals surface area contributed by atoms with Crippen LogP contribution >= 0.6 is 22.9 Å². The van der Waals surface area contributed by atoms with Crippen LogP contribution < -0.4 is 16.8 Å². The molecule has 2 aromatic rings. The van der Waals surface area contributed by atoms with Crippen molar-refractivity contribution in [3.05, 3.63) is 45.8 Å². The number of nitrogen functional groups attached to an aromatic ring is 1. The number of nitrogens with one attached hydrogen (secondary N) is 1. The van der Waals surface area contributed by atoms with Gasteiger partial charge in [0.15, 0.2) is 6.10 Å². The van der Waals surface area contributed by atoms with E-state index in [9.17, 15) is 14.4 Å².